The number of amides is 4. The van der Waals surface area contributed by atoms with E-state index in [0.29, 0.717) is 17.8 Å². The predicted molar refractivity (Wildman–Crippen MR) is 209 cm³/mol. The fourth-order valence-corrected chi connectivity index (χ4v) is 7.72. The Kier molecular flexibility index (Phi) is 16.1. The zero-order chi connectivity index (χ0) is 41.9. The van der Waals surface area contributed by atoms with Gasteiger partial charge in [-0.1, -0.05) is 51.1 Å². The number of aliphatic carboxylic acids is 1. The maximum Gasteiger partial charge on any atom is 0.321 e. The minimum atomic E-state index is -1.21. The summed E-state index contributed by atoms with van der Waals surface area (Å²) in [4.78, 5) is 63.5. The Balaban J connectivity index is 1.36. The second-order valence-electron chi connectivity index (χ2n) is 14.8. The number of benzene rings is 2. The molecule has 15 nitrogen and oxygen atoms in total. The van der Waals surface area contributed by atoms with Crippen molar-refractivity contribution in [3.05, 3.63) is 83.7 Å². The summed E-state index contributed by atoms with van der Waals surface area (Å²) in [5.41, 5.74) is 7.52. The quantitative estimate of drug-likeness (QED) is 0.0855. The van der Waals surface area contributed by atoms with Crippen molar-refractivity contribution >= 4 is 41.4 Å². The van der Waals surface area contributed by atoms with Crippen molar-refractivity contribution in [3.63, 3.8) is 0 Å². The first kappa shape index (κ1) is 44.8. The topological polar surface area (TPSA) is 228 Å². The van der Waals surface area contributed by atoms with Crippen molar-refractivity contribution in [2.75, 3.05) is 38.5 Å². The molecule has 0 bridgehead atoms. The largest absolute Gasteiger partial charge is 0.480 e. The number of halogens is 2. The van der Waals surface area contributed by atoms with Gasteiger partial charge in [0.25, 0.3) is 0 Å². The number of hydrogen-bond acceptors (Lipinski definition) is 10. The van der Waals surface area contributed by atoms with E-state index < -0.39 is 82.9 Å². The third-order valence-electron chi connectivity index (χ3n) is 9.33. The van der Waals surface area contributed by atoms with E-state index in [2.05, 4.69) is 21.3 Å². The Morgan fingerprint density at radius 1 is 1.02 bits per heavy atom. The summed E-state index contributed by atoms with van der Waals surface area (Å²) in [5, 5.41) is 38.8. The van der Waals surface area contributed by atoms with E-state index in [0.717, 1.165) is 35.5 Å². The van der Waals surface area contributed by atoms with Gasteiger partial charge in [-0.05, 0) is 41.7 Å². The lowest BCUT2D eigenvalue weighted by Crippen LogP contribution is -2.54. The molecule has 0 spiro atoms. The Labute approximate surface area is 333 Å². The molecule has 18 heteroatoms. The van der Waals surface area contributed by atoms with Crippen molar-refractivity contribution in [2.24, 2.45) is 11.1 Å². The summed E-state index contributed by atoms with van der Waals surface area (Å²) >= 11 is 1.14. The van der Waals surface area contributed by atoms with Gasteiger partial charge in [0, 0.05) is 61.4 Å². The Bertz CT molecular complexity index is 1880. The first-order chi connectivity index (χ1) is 27.0. The number of nitrogens with two attached hydrogens (primary N) is 1. The van der Waals surface area contributed by atoms with Crippen LogP contribution in [0.2, 0.25) is 0 Å². The van der Waals surface area contributed by atoms with Gasteiger partial charge in [0.05, 0.1) is 23.9 Å². The highest BCUT2D eigenvalue weighted by molar-refractivity contribution is 8.00. The monoisotopic (exact) mass is 815 g/mol. The number of hydrogen-bond donors (Lipinski definition) is 8. The van der Waals surface area contributed by atoms with Crippen LogP contribution in [0, 0.1) is 17.0 Å². The molecule has 3 aromatic rings. The predicted octanol–water partition coefficient (Wildman–Crippen LogP) is 1.32. The minimum absolute atomic E-state index is 0.00383. The highest BCUT2D eigenvalue weighted by atomic mass is 32.2. The molecule has 1 aromatic heterocycles. The highest BCUT2D eigenvalue weighted by Crippen LogP contribution is 2.41. The Morgan fingerprint density at radius 3 is 2.37 bits per heavy atom. The summed E-state index contributed by atoms with van der Waals surface area (Å²) in [6.45, 7) is 4.83. The average molecular weight is 816 g/mol. The fraction of sp³-hybridized carbons (Fsp3) is 0.462. The van der Waals surface area contributed by atoms with Crippen LogP contribution in [0.15, 0.2) is 60.8 Å². The average Bonchev–Trinajstić information content (AvgIpc) is 3.57. The zero-order valence-electron chi connectivity index (χ0n) is 32.0. The molecule has 1 fully saturated rings. The van der Waals surface area contributed by atoms with Gasteiger partial charge in [-0.2, -0.15) is 11.8 Å². The SMILES string of the molecule is CC(C)(C)[C@H](c1cc(-c2cc(F)ccc2F)cn1Cc1ccccc1)N(CC[C@H](N)C(=O)NCCNC(=O)CNC(=O)C[C@H]1SCC(C(=O)O)N[C@@H]1O)C(=O)CO. The number of carbonyl (C=O) groups excluding carboxylic acids is 4. The smallest absolute Gasteiger partial charge is 0.321 e. The van der Waals surface area contributed by atoms with E-state index in [1.54, 1.807) is 12.3 Å². The van der Waals surface area contributed by atoms with Crippen molar-refractivity contribution in [1.29, 1.82) is 0 Å². The number of aliphatic hydroxyl groups is 2. The van der Waals surface area contributed by atoms with Crippen LogP contribution >= 0.6 is 11.8 Å². The van der Waals surface area contributed by atoms with Gasteiger partial charge in [-0.15, -0.1) is 0 Å². The normalized spacial score (nSPS) is 17.9. The molecule has 0 aliphatic carbocycles. The van der Waals surface area contributed by atoms with Crippen molar-refractivity contribution < 1.29 is 48.1 Å². The molecule has 2 aromatic carbocycles. The van der Waals surface area contributed by atoms with Crippen LogP contribution < -0.4 is 27.0 Å². The number of nitrogens with one attached hydrogen (secondary N) is 4. The molecule has 1 unspecified atom stereocenters. The summed E-state index contributed by atoms with van der Waals surface area (Å²) in [7, 11) is 0. The van der Waals surface area contributed by atoms with Gasteiger partial charge in [-0.25, -0.2) is 8.78 Å². The molecule has 57 heavy (non-hydrogen) atoms. The van der Waals surface area contributed by atoms with Gasteiger partial charge >= 0.3 is 5.97 Å². The molecule has 9 N–H and O–H groups in total. The second-order valence-corrected chi connectivity index (χ2v) is 16.1. The Morgan fingerprint density at radius 2 is 1.72 bits per heavy atom. The molecule has 0 radical (unpaired) electrons. The maximum atomic E-state index is 15.0. The van der Waals surface area contributed by atoms with Crippen LogP contribution in [0.4, 0.5) is 8.78 Å². The van der Waals surface area contributed by atoms with Crippen LogP contribution in [0.1, 0.15) is 50.9 Å². The van der Waals surface area contributed by atoms with E-state index in [4.69, 9.17) is 10.8 Å². The van der Waals surface area contributed by atoms with E-state index in [1.165, 1.54) is 4.90 Å². The molecular weight excluding hydrogens is 765 g/mol. The van der Waals surface area contributed by atoms with Crippen LogP contribution in [0.3, 0.4) is 0 Å². The number of rotatable bonds is 18. The molecule has 310 valence electrons. The second kappa shape index (κ2) is 20.5. The highest BCUT2D eigenvalue weighted by Gasteiger charge is 2.38. The van der Waals surface area contributed by atoms with Crippen LogP contribution in [0.5, 0.6) is 0 Å². The lowest BCUT2D eigenvalue weighted by molar-refractivity contribution is -0.140. The fourth-order valence-electron chi connectivity index (χ4n) is 6.51. The number of carboxylic acid groups (broad SMARTS) is 1. The van der Waals surface area contributed by atoms with Crippen LogP contribution in [-0.2, 0) is 30.5 Å². The van der Waals surface area contributed by atoms with Gasteiger partial charge in [0.1, 0.15) is 30.5 Å². The molecule has 2 heterocycles. The van der Waals surface area contributed by atoms with E-state index >= 15 is 4.39 Å². The number of aliphatic hydroxyl groups excluding tert-OH is 2. The molecular formula is C39H51F2N7O8S. The number of thioether (sulfide) groups is 1. The third-order valence-corrected chi connectivity index (χ3v) is 10.7. The summed E-state index contributed by atoms with van der Waals surface area (Å²) in [6.07, 6.45) is 0.350. The third kappa shape index (κ3) is 12.8. The first-order valence-corrected chi connectivity index (χ1v) is 19.5. The number of carboxylic acids is 1. The number of nitrogens with zero attached hydrogens (tertiary/aromatic N) is 2. The van der Waals surface area contributed by atoms with Crippen molar-refractivity contribution in [3.8, 4) is 11.1 Å². The van der Waals surface area contributed by atoms with E-state index in [-0.39, 0.29) is 50.3 Å². The molecule has 4 rings (SSSR count). The lowest BCUT2D eigenvalue weighted by atomic mass is 9.82. The summed E-state index contributed by atoms with van der Waals surface area (Å²) < 4.78 is 31.2. The van der Waals surface area contributed by atoms with Gasteiger partial charge in [-0.3, -0.25) is 29.3 Å². The van der Waals surface area contributed by atoms with Crippen molar-refractivity contribution in [2.45, 2.75) is 69.8 Å². The summed E-state index contributed by atoms with van der Waals surface area (Å²) in [5.74, 6) is -4.39. The van der Waals surface area contributed by atoms with E-state index in [1.807, 2.05) is 55.7 Å². The first-order valence-electron chi connectivity index (χ1n) is 18.4. The van der Waals surface area contributed by atoms with Gasteiger partial charge < -0.3 is 46.5 Å². The molecule has 5 atom stereocenters. The number of aromatic nitrogens is 1. The molecule has 0 saturated carbocycles. The van der Waals surface area contributed by atoms with Gasteiger partial charge in [0.2, 0.25) is 23.6 Å². The molecule has 1 saturated heterocycles. The molecule has 1 aliphatic rings. The summed E-state index contributed by atoms with van der Waals surface area (Å²) in [6, 6.07) is 11.6. The standard InChI is InChI=1S/C39H51F2N7O8S/c1-39(2,3)35(30-15-24(26-16-25(40)9-10-27(26)41)20-47(30)19-23-7-5-4-6-8-23)48(34(52)21-49)14-11-28(42)36(53)44-13-12-43-33(51)18-45-32(50)17-31-37(54)46-29(22-57-31)38(55)56/h4-10,15-16,20,28-29,31,35,37,46,49,54H,11-14,17-19,21-22,42H2,1-3H3,(H,43,51)(H,44,53)(H,45,50)(H,55,56)/t28-,29?,31+,35-,37+/m0/s1. The number of carbonyl (C=O) groups is 5. The molecule has 1 aliphatic heterocycles. The van der Waals surface area contributed by atoms with E-state index in [9.17, 15) is 38.6 Å². The van der Waals surface area contributed by atoms with Crippen LogP contribution in [0.25, 0.3) is 11.1 Å². The lowest BCUT2D eigenvalue weighted by Gasteiger charge is -2.41. The minimum Gasteiger partial charge on any atom is -0.480 e. The van der Waals surface area contributed by atoms with Crippen molar-refractivity contribution in [1.82, 2.24) is 30.7 Å². The molecule has 4 amide bonds. The maximum absolute atomic E-state index is 15.0. The van der Waals surface area contributed by atoms with Gasteiger partial charge in [0.15, 0.2) is 0 Å². The zero-order valence-corrected chi connectivity index (χ0v) is 32.9. The Hall–Kier alpha value is -4.88. The van der Waals surface area contributed by atoms with Crippen LogP contribution in [-0.4, -0.2) is 116 Å².